The number of nitrogens with zero attached hydrogens (tertiary/aromatic N) is 3. The summed E-state index contributed by atoms with van der Waals surface area (Å²) in [5, 5.41) is 10.8. The lowest BCUT2D eigenvalue weighted by molar-refractivity contribution is 0.166. The highest BCUT2D eigenvalue weighted by atomic mass is 32.1. The second-order valence-electron chi connectivity index (χ2n) is 2.97. The van der Waals surface area contributed by atoms with Crippen LogP contribution in [-0.4, -0.2) is 31.3 Å². The van der Waals surface area contributed by atoms with Crippen LogP contribution in [0.3, 0.4) is 0 Å². The number of hydrogen-bond acceptors (Lipinski definition) is 5. The number of thiol groups is 1. The van der Waals surface area contributed by atoms with Gasteiger partial charge < -0.3 is 4.74 Å². The molecule has 0 fully saturated rings. The average Bonchev–Trinajstić information content (AvgIpc) is 2.28. The minimum absolute atomic E-state index is 0.245. The van der Waals surface area contributed by atoms with Gasteiger partial charge in [0.2, 0.25) is 0 Å². The molecule has 0 amide bonds. The highest BCUT2D eigenvalue weighted by Gasteiger charge is 2.09. The summed E-state index contributed by atoms with van der Waals surface area (Å²) in [6.45, 7) is 3.36. The molecule has 1 aliphatic rings. The van der Waals surface area contributed by atoms with Gasteiger partial charge in [-0.1, -0.05) is 11.3 Å². The molecule has 1 unspecified atom stereocenters. The highest BCUT2D eigenvalue weighted by molar-refractivity contribution is 7.84. The monoisotopic (exact) mass is 201 g/mol. The van der Waals surface area contributed by atoms with Crippen LogP contribution in [0.15, 0.2) is 21.4 Å². The molecule has 0 saturated heterocycles. The van der Waals surface area contributed by atoms with E-state index in [0.29, 0.717) is 13.2 Å². The van der Waals surface area contributed by atoms with Crippen molar-refractivity contribution in [2.75, 3.05) is 20.3 Å². The minimum atomic E-state index is 0.245. The van der Waals surface area contributed by atoms with E-state index >= 15 is 0 Å². The molecule has 0 saturated carbocycles. The fraction of sp³-hybridized carbons (Fsp3) is 0.750. The van der Waals surface area contributed by atoms with Crippen LogP contribution in [0.1, 0.15) is 13.3 Å². The molecular weight excluding hydrogens is 186 g/mol. The van der Waals surface area contributed by atoms with Gasteiger partial charge in [-0.2, -0.15) is 5.11 Å². The van der Waals surface area contributed by atoms with E-state index in [1.807, 2.05) is 13.0 Å². The van der Waals surface area contributed by atoms with Crippen LogP contribution in [0.4, 0.5) is 0 Å². The minimum Gasteiger partial charge on any atom is -0.383 e. The molecule has 0 aliphatic carbocycles. The van der Waals surface area contributed by atoms with E-state index in [-0.39, 0.29) is 6.04 Å². The molecule has 13 heavy (non-hydrogen) atoms. The third kappa shape index (κ3) is 3.36. The number of ether oxygens (including phenoxy) is 1. The van der Waals surface area contributed by atoms with Crippen molar-refractivity contribution in [1.82, 2.24) is 5.01 Å². The molecule has 5 heteroatoms. The molecule has 0 bridgehead atoms. The highest BCUT2D eigenvalue weighted by Crippen LogP contribution is 2.16. The Hall–Kier alpha value is -0.550. The van der Waals surface area contributed by atoms with E-state index in [1.165, 1.54) is 0 Å². The van der Waals surface area contributed by atoms with Gasteiger partial charge in [0.1, 0.15) is 0 Å². The molecule has 0 radical (unpaired) electrons. The summed E-state index contributed by atoms with van der Waals surface area (Å²) in [6.07, 6.45) is 2.93. The van der Waals surface area contributed by atoms with Crippen LogP contribution >= 0.6 is 12.6 Å². The normalized spacial score (nSPS) is 22.8. The Morgan fingerprint density at radius 2 is 2.54 bits per heavy atom. The van der Waals surface area contributed by atoms with Crippen molar-refractivity contribution in [3.63, 3.8) is 0 Å². The van der Waals surface area contributed by atoms with Gasteiger partial charge >= 0.3 is 0 Å². The van der Waals surface area contributed by atoms with Crippen molar-refractivity contribution in [1.29, 1.82) is 0 Å². The van der Waals surface area contributed by atoms with Crippen molar-refractivity contribution in [2.45, 2.75) is 19.4 Å². The Labute approximate surface area is 84.0 Å². The van der Waals surface area contributed by atoms with Crippen LogP contribution in [0.25, 0.3) is 0 Å². The zero-order valence-corrected chi connectivity index (χ0v) is 8.87. The zero-order valence-electron chi connectivity index (χ0n) is 7.97. The van der Waals surface area contributed by atoms with E-state index < -0.39 is 0 Å². The van der Waals surface area contributed by atoms with E-state index in [1.54, 1.807) is 12.1 Å². The standard InChI is InChI=1S/C8H15N3OS/c1-7-3-4-8(13)11(10-9-7)5-6-12-2/h4,7,13H,3,5-6H2,1-2H3. The van der Waals surface area contributed by atoms with Crippen molar-refractivity contribution >= 4 is 12.6 Å². The van der Waals surface area contributed by atoms with E-state index in [0.717, 1.165) is 11.4 Å². The SMILES string of the molecule is COCCN1N=NC(C)CC=C1S. The number of rotatable bonds is 3. The average molecular weight is 201 g/mol. The Bertz CT molecular complexity index is 217. The molecule has 4 nitrogen and oxygen atoms in total. The summed E-state index contributed by atoms with van der Waals surface area (Å²) >= 11 is 4.32. The fourth-order valence-corrected chi connectivity index (χ4v) is 1.21. The molecule has 1 aliphatic heterocycles. The van der Waals surface area contributed by atoms with Gasteiger partial charge in [0.25, 0.3) is 0 Å². The predicted octanol–water partition coefficient (Wildman–Crippen LogP) is 1.87. The third-order valence-corrected chi connectivity index (χ3v) is 2.18. The van der Waals surface area contributed by atoms with Crippen molar-refractivity contribution in [3.05, 3.63) is 11.1 Å². The third-order valence-electron chi connectivity index (χ3n) is 1.77. The van der Waals surface area contributed by atoms with Gasteiger partial charge in [0.15, 0.2) is 0 Å². The molecule has 1 heterocycles. The van der Waals surface area contributed by atoms with Crippen LogP contribution in [0.2, 0.25) is 0 Å². The molecule has 74 valence electrons. The summed E-state index contributed by atoms with van der Waals surface area (Å²) in [7, 11) is 1.67. The maximum atomic E-state index is 4.96. The number of hydrogen-bond donors (Lipinski definition) is 1. The van der Waals surface area contributed by atoms with Crippen LogP contribution in [0, 0.1) is 0 Å². The predicted molar refractivity (Wildman–Crippen MR) is 54.6 cm³/mol. The molecule has 0 aromatic heterocycles. The zero-order chi connectivity index (χ0) is 9.68. The number of methoxy groups -OCH3 is 1. The van der Waals surface area contributed by atoms with E-state index in [4.69, 9.17) is 4.74 Å². The van der Waals surface area contributed by atoms with Crippen LogP contribution < -0.4 is 0 Å². The quantitative estimate of drug-likeness (QED) is 0.708. The second kappa shape index (κ2) is 5.24. The van der Waals surface area contributed by atoms with E-state index in [9.17, 15) is 0 Å². The lowest BCUT2D eigenvalue weighted by Crippen LogP contribution is -2.18. The van der Waals surface area contributed by atoms with Gasteiger partial charge in [0, 0.05) is 7.11 Å². The molecule has 0 aromatic rings. The Balaban J connectivity index is 2.55. The lowest BCUT2D eigenvalue weighted by Gasteiger charge is -2.15. The molecule has 0 aromatic carbocycles. The fourth-order valence-electron chi connectivity index (χ4n) is 0.962. The Morgan fingerprint density at radius 3 is 3.23 bits per heavy atom. The second-order valence-corrected chi connectivity index (χ2v) is 3.43. The largest absolute Gasteiger partial charge is 0.383 e. The van der Waals surface area contributed by atoms with Crippen molar-refractivity contribution in [3.8, 4) is 0 Å². The maximum Gasteiger partial charge on any atom is 0.0872 e. The maximum absolute atomic E-state index is 4.96. The van der Waals surface area contributed by atoms with Gasteiger partial charge in [0.05, 0.1) is 24.2 Å². The lowest BCUT2D eigenvalue weighted by atomic mass is 10.2. The molecule has 0 N–H and O–H groups in total. The molecule has 0 spiro atoms. The first-order chi connectivity index (χ1) is 6.24. The Kier molecular flexibility index (Phi) is 4.24. The summed E-state index contributed by atoms with van der Waals surface area (Å²) in [5.74, 6) is 0. The van der Waals surface area contributed by atoms with E-state index in [2.05, 4.69) is 23.0 Å². The Morgan fingerprint density at radius 1 is 1.77 bits per heavy atom. The van der Waals surface area contributed by atoms with Crippen molar-refractivity contribution < 1.29 is 4.74 Å². The smallest absolute Gasteiger partial charge is 0.0872 e. The van der Waals surface area contributed by atoms with Gasteiger partial charge in [-0.3, -0.25) is 0 Å². The topological polar surface area (TPSA) is 37.2 Å². The molecular formula is C8H15N3OS. The summed E-state index contributed by atoms with van der Waals surface area (Å²) in [4.78, 5) is 0. The van der Waals surface area contributed by atoms with Gasteiger partial charge in [-0.15, -0.1) is 12.6 Å². The first-order valence-corrected chi connectivity index (χ1v) is 4.75. The van der Waals surface area contributed by atoms with Gasteiger partial charge in [-0.05, 0) is 13.3 Å². The molecule has 1 atom stereocenters. The van der Waals surface area contributed by atoms with Crippen molar-refractivity contribution in [2.24, 2.45) is 10.3 Å². The van der Waals surface area contributed by atoms with Crippen LogP contribution in [0.5, 0.6) is 0 Å². The summed E-state index contributed by atoms with van der Waals surface area (Å²) in [6, 6.07) is 0.245. The van der Waals surface area contributed by atoms with Crippen LogP contribution in [-0.2, 0) is 4.74 Å². The van der Waals surface area contributed by atoms with Gasteiger partial charge in [-0.25, -0.2) is 5.01 Å². The summed E-state index contributed by atoms with van der Waals surface area (Å²) in [5.41, 5.74) is 0. The molecule has 1 rings (SSSR count). The first kappa shape index (κ1) is 10.5. The first-order valence-electron chi connectivity index (χ1n) is 4.30. The summed E-state index contributed by atoms with van der Waals surface area (Å²) < 4.78 is 4.96.